The largest absolute Gasteiger partial charge is 0.486 e. The molecule has 1 aromatic heterocycles. The van der Waals surface area contributed by atoms with E-state index in [1.54, 1.807) is 17.4 Å². The number of ether oxygens (including phenoxy) is 2. The topological polar surface area (TPSA) is 96.0 Å². The van der Waals surface area contributed by atoms with Crippen LogP contribution < -0.4 is 20.1 Å². The molecule has 0 aliphatic carbocycles. The van der Waals surface area contributed by atoms with Crippen LogP contribution in [0.25, 0.3) is 11.3 Å². The minimum atomic E-state index is -0.896. The van der Waals surface area contributed by atoms with Crippen LogP contribution in [0.2, 0.25) is 0 Å². The number of carbonyl (C=O) groups is 1. The molecule has 2 aromatic carbocycles. The highest BCUT2D eigenvalue weighted by Gasteiger charge is 2.28. The van der Waals surface area contributed by atoms with E-state index in [-0.39, 0.29) is 6.03 Å². The Labute approximate surface area is 208 Å². The van der Waals surface area contributed by atoms with Gasteiger partial charge in [0.15, 0.2) is 11.5 Å². The molecule has 2 amide bonds. The lowest BCUT2D eigenvalue weighted by Crippen LogP contribution is -2.48. The number of hydrogen-bond acceptors (Lipinski definition) is 7. The summed E-state index contributed by atoms with van der Waals surface area (Å²) in [5, 5.41) is 20.2. The van der Waals surface area contributed by atoms with Crippen molar-refractivity contribution in [2.45, 2.75) is 31.9 Å². The maximum Gasteiger partial charge on any atom is 0.319 e. The Bertz CT molecular complexity index is 1160. The maximum absolute atomic E-state index is 12.9. The third kappa shape index (κ3) is 5.75. The molecule has 184 valence electrons. The predicted molar refractivity (Wildman–Crippen MR) is 136 cm³/mol. The number of benzene rings is 2. The van der Waals surface area contributed by atoms with Crippen molar-refractivity contribution in [3.05, 3.63) is 58.4 Å². The number of fused-ring (bicyclic) bond motifs is 1. The fourth-order valence-corrected chi connectivity index (χ4v) is 5.12. The summed E-state index contributed by atoms with van der Waals surface area (Å²) in [6.07, 6.45) is 1.36. The first-order valence-corrected chi connectivity index (χ1v) is 12.8. The van der Waals surface area contributed by atoms with Crippen LogP contribution in [0, 0.1) is 6.92 Å². The molecule has 35 heavy (non-hydrogen) atoms. The van der Waals surface area contributed by atoms with E-state index in [1.165, 1.54) is 0 Å². The monoisotopic (exact) mass is 494 g/mol. The molecule has 9 heteroatoms. The van der Waals surface area contributed by atoms with Crippen LogP contribution in [0.1, 0.15) is 29.5 Å². The van der Waals surface area contributed by atoms with Gasteiger partial charge in [0.2, 0.25) is 0 Å². The van der Waals surface area contributed by atoms with Crippen LogP contribution in [0.15, 0.2) is 47.8 Å². The molecule has 3 aromatic rings. The predicted octanol–water partition coefficient (Wildman–Crippen LogP) is 4.21. The Balaban J connectivity index is 1.27. The zero-order chi connectivity index (χ0) is 24.2. The van der Waals surface area contributed by atoms with E-state index in [0.717, 1.165) is 42.2 Å². The third-order valence-corrected chi connectivity index (χ3v) is 7.09. The molecule has 1 saturated heterocycles. The van der Waals surface area contributed by atoms with E-state index in [2.05, 4.69) is 20.5 Å². The van der Waals surface area contributed by atoms with Crippen molar-refractivity contribution >= 4 is 23.1 Å². The number of urea groups is 1. The van der Waals surface area contributed by atoms with Gasteiger partial charge in [0.05, 0.1) is 16.7 Å². The van der Waals surface area contributed by atoms with Gasteiger partial charge < -0.3 is 30.1 Å². The van der Waals surface area contributed by atoms with Crippen molar-refractivity contribution in [2.75, 3.05) is 38.2 Å². The maximum atomic E-state index is 12.9. The van der Waals surface area contributed by atoms with Crippen molar-refractivity contribution in [2.24, 2.45) is 0 Å². The van der Waals surface area contributed by atoms with E-state index in [4.69, 9.17) is 9.47 Å². The molecule has 2 aliphatic rings. The second kappa shape index (κ2) is 10.6. The van der Waals surface area contributed by atoms with E-state index >= 15 is 0 Å². The van der Waals surface area contributed by atoms with Gasteiger partial charge in [-0.15, -0.1) is 11.3 Å². The lowest BCUT2D eigenvalue weighted by molar-refractivity contribution is 0.110. The van der Waals surface area contributed by atoms with Crippen LogP contribution in [-0.4, -0.2) is 59.9 Å². The molecule has 2 aliphatic heterocycles. The van der Waals surface area contributed by atoms with Crippen molar-refractivity contribution in [1.29, 1.82) is 0 Å². The summed E-state index contributed by atoms with van der Waals surface area (Å²) in [6.45, 7) is 5.46. The van der Waals surface area contributed by atoms with Gasteiger partial charge in [0.1, 0.15) is 19.3 Å². The first-order chi connectivity index (χ1) is 17.0. The normalized spacial score (nSPS) is 17.1. The molecule has 0 spiro atoms. The zero-order valence-electron chi connectivity index (χ0n) is 19.7. The lowest BCUT2D eigenvalue weighted by Gasteiger charge is -2.29. The number of anilines is 1. The number of aryl methyl sites for hydroxylation is 1. The summed E-state index contributed by atoms with van der Waals surface area (Å²) in [6, 6.07) is 12.2. The minimum absolute atomic E-state index is 0.358. The molecule has 0 unspecified atom stereocenters. The minimum Gasteiger partial charge on any atom is -0.486 e. The van der Waals surface area contributed by atoms with Gasteiger partial charge in [-0.2, -0.15) is 0 Å². The van der Waals surface area contributed by atoms with Gasteiger partial charge in [0.25, 0.3) is 0 Å². The van der Waals surface area contributed by atoms with Crippen LogP contribution in [0.3, 0.4) is 0 Å². The number of rotatable bonds is 7. The van der Waals surface area contributed by atoms with Crippen LogP contribution in [0.4, 0.5) is 10.5 Å². The summed E-state index contributed by atoms with van der Waals surface area (Å²) in [7, 11) is 0. The fourth-order valence-electron chi connectivity index (χ4n) is 4.50. The van der Waals surface area contributed by atoms with Crippen LogP contribution in [0.5, 0.6) is 11.5 Å². The molecular formula is C26H30N4O4S. The second-order valence-corrected chi connectivity index (χ2v) is 9.95. The number of likely N-dealkylation sites (tertiary alicyclic amines) is 1. The molecule has 2 atom stereocenters. The average molecular weight is 495 g/mol. The third-order valence-electron chi connectivity index (χ3n) is 6.32. The molecular weight excluding hydrogens is 464 g/mol. The smallest absolute Gasteiger partial charge is 0.319 e. The van der Waals surface area contributed by atoms with Crippen molar-refractivity contribution in [3.8, 4) is 22.8 Å². The summed E-state index contributed by atoms with van der Waals surface area (Å²) in [5.74, 6) is 1.29. The Morgan fingerprint density at radius 1 is 1.11 bits per heavy atom. The number of amides is 2. The lowest BCUT2D eigenvalue weighted by atomic mass is 10.0. The van der Waals surface area contributed by atoms with E-state index in [0.29, 0.717) is 42.5 Å². The Morgan fingerprint density at radius 3 is 2.57 bits per heavy atom. The van der Waals surface area contributed by atoms with Gasteiger partial charge in [-0.3, -0.25) is 0 Å². The van der Waals surface area contributed by atoms with Gasteiger partial charge in [0, 0.05) is 23.2 Å². The number of aliphatic hydroxyl groups is 1. The van der Waals surface area contributed by atoms with Crippen LogP contribution in [-0.2, 0) is 0 Å². The molecule has 0 bridgehead atoms. The standard InChI is InChI=1S/C26H30N4O4S/c1-17-27-22(16-35-17)18-4-7-20(8-5-18)28-26(32)29-21(15-30-10-2-3-11-30)25(31)19-6-9-23-24(14-19)34-13-12-33-23/h4-9,14,16,21,25,31H,2-3,10-13,15H2,1H3,(H2,28,29,32)/t21-,25-/m1/s1. The van der Waals surface area contributed by atoms with Gasteiger partial charge in [-0.25, -0.2) is 9.78 Å². The van der Waals surface area contributed by atoms with Crippen LogP contribution >= 0.6 is 11.3 Å². The number of aliphatic hydroxyl groups excluding tert-OH is 1. The first-order valence-electron chi connectivity index (χ1n) is 12.0. The fraction of sp³-hybridized carbons (Fsp3) is 0.385. The second-order valence-electron chi connectivity index (χ2n) is 8.89. The zero-order valence-corrected chi connectivity index (χ0v) is 20.5. The number of hydrogen-bond donors (Lipinski definition) is 3. The number of nitrogens with zero attached hydrogens (tertiary/aromatic N) is 2. The first kappa shape index (κ1) is 23.6. The van der Waals surface area contributed by atoms with Gasteiger partial charge >= 0.3 is 6.03 Å². The summed E-state index contributed by atoms with van der Waals surface area (Å²) in [4.78, 5) is 19.7. The highest BCUT2D eigenvalue weighted by molar-refractivity contribution is 7.09. The van der Waals surface area contributed by atoms with Gasteiger partial charge in [-0.1, -0.05) is 18.2 Å². The molecule has 1 fully saturated rings. The summed E-state index contributed by atoms with van der Waals surface area (Å²) < 4.78 is 11.3. The summed E-state index contributed by atoms with van der Waals surface area (Å²) >= 11 is 1.61. The van der Waals surface area contributed by atoms with Crippen molar-refractivity contribution < 1.29 is 19.4 Å². The summed E-state index contributed by atoms with van der Waals surface area (Å²) in [5.41, 5.74) is 3.28. The molecule has 0 saturated carbocycles. The number of thiazole rings is 1. The average Bonchev–Trinajstić information content (AvgIpc) is 3.55. The number of nitrogens with one attached hydrogen (secondary N) is 2. The molecule has 3 N–H and O–H groups in total. The number of carbonyl (C=O) groups excluding carboxylic acids is 1. The van der Waals surface area contributed by atoms with E-state index in [9.17, 15) is 9.90 Å². The van der Waals surface area contributed by atoms with Gasteiger partial charge in [-0.05, 0) is 62.7 Å². The SMILES string of the molecule is Cc1nc(-c2ccc(NC(=O)N[C@H](CN3CCCC3)[C@H](O)c3ccc4c(c3)OCCO4)cc2)cs1. The highest BCUT2D eigenvalue weighted by Crippen LogP contribution is 2.33. The molecule has 5 rings (SSSR count). The highest BCUT2D eigenvalue weighted by atomic mass is 32.1. The molecule has 8 nitrogen and oxygen atoms in total. The van der Waals surface area contributed by atoms with Crippen molar-refractivity contribution in [1.82, 2.24) is 15.2 Å². The quantitative estimate of drug-likeness (QED) is 0.455. The Kier molecular flexibility index (Phi) is 7.17. The van der Waals surface area contributed by atoms with Crippen molar-refractivity contribution in [3.63, 3.8) is 0 Å². The Hall–Kier alpha value is -3.14. The van der Waals surface area contributed by atoms with E-state index in [1.807, 2.05) is 48.7 Å². The number of aromatic nitrogens is 1. The molecule has 3 heterocycles. The Morgan fingerprint density at radius 2 is 1.86 bits per heavy atom. The molecule has 0 radical (unpaired) electrons. The van der Waals surface area contributed by atoms with E-state index < -0.39 is 12.1 Å².